The first kappa shape index (κ1) is 19.4. The molecule has 0 saturated heterocycles. The standard InChI is InChI=1S/C25H19N5O2/c31-25(32)21-9-5-4-8-19(21)15-30-16-20(13-28-30)18-10-11-26-22(12-18)24-27-14-23(29-24)17-6-2-1-3-7-17/h1-14,16H,15H2,(H,27,29)(H,31,32). The Morgan fingerprint density at radius 2 is 1.72 bits per heavy atom. The van der Waals surface area contributed by atoms with Crippen LogP contribution in [0.15, 0.2) is 91.5 Å². The number of nitrogens with zero attached hydrogens (tertiary/aromatic N) is 4. The number of aromatic amines is 1. The zero-order chi connectivity index (χ0) is 21.9. The number of aromatic nitrogens is 5. The molecule has 0 aliphatic rings. The molecule has 3 aromatic heterocycles. The van der Waals surface area contributed by atoms with Crippen molar-refractivity contribution in [3.63, 3.8) is 0 Å². The van der Waals surface area contributed by atoms with Gasteiger partial charge in [-0.2, -0.15) is 5.10 Å². The minimum Gasteiger partial charge on any atom is -0.478 e. The Kier molecular flexibility index (Phi) is 5.05. The number of pyridine rings is 1. The van der Waals surface area contributed by atoms with Crippen molar-refractivity contribution in [3.8, 4) is 33.9 Å². The fraction of sp³-hybridized carbons (Fsp3) is 0.0400. The number of aromatic carboxylic acids is 1. The highest BCUT2D eigenvalue weighted by atomic mass is 16.4. The second-order valence-electron chi connectivity index (χ2n) is 7.33. The van der Waals surface area contributed by atoms with E-state index in [0.717, 1.165) is 28.1 Å². The average Bonchev–Trinajstić information content (AvgIpc) is 3.50. The first-order valence-electron chi connectivity index (χ1n) is 10.1. The highest BCUT2D eigenvalue weighted by Gasteiger charge is 2.12. The minimum absolute atomic E-state index is 0.280. The third-order valence-corrected chi connectivity index (χ3v) is 5.21. The largest absolute Gasteiger partial charge is 0.478 e. The van der Waals surface area contributed by atoms with Gasteiger partial charge in [-0.05, 0) is 34.9 Å². The number of H-pyrrole nitrogens is 1. The van der Waals surface area contributed by atoms with Gasteiger partial charge in [0.05, 0.1) is 30.2 Å². The summed E-state index contributed by atoms with van der Waals surface area (Å²) < 4.78 is 1.73. The summed E-state index contributed by atoms with van der Waals surface area (Å²) in [7, 11) is 0. The lowest BCUT2D eigenvalue weighted by Crippen LogP contribution is -2.07. The molecule has 0 radical (unpaired) electrons. The van der Waals surface area contributed by atoms with Crippen molar-refractivity contribution < 1.29 is 9.90 Å². The molecule has 0 aliphatic heterocycles. The molecular weight excluding hydrogens is 402 g/mol. The van der Waals surface area contributed by atoms with E-state index in [1.54, 1.807) is 41.5 Å². The van der Waals surface area contributed by atoms with E-state index in [0.29, 0.717) is 17.9 Å². The highest BCUT2D eigenvalue weighted by Crippen LogP contribution is 2.25. The Balaban J connectivity index is 1.40. The van der Waals surface area contributed by atoms with Gasteiger partial charge in [-0.1, -0.05) is 48.5 Å². The number of benzene rings is 2. The summed E-state index contributed by atoms with van der Waals surface area (Å²) in [4.78, 5) is 23.7. The van der Waals surface area contributed by atoms with Crippen LogP contribution in [-0.4, -0.2) is 35.8 Å². The molecule has 5 rings (SSSR count). The molecule has 32 heavy (non-hydrogen) atoms. The molecule has 2 aromatic carbocycles. The van der Waals surface area contributed by atoms with Crippen LogP contribution in [0.4, 0.5) is 0 Å². The Labute approximate surface area is 184 Å². The molecule has 5 aromatic rings. The summed E-state index contributed by atoms with van der Waals surface area (Å²) in [6, 6.07) is 20.8. The van der Waals surface area contributed by atoms with E-state index in [9.17, 15) is 9.90 Å². The molecule has 0 aliphatic carbocycles. The number of carboxylic acids is 1. The predicted molar refractivity (Wildman–Crippen MR) is 121 cm³/mol. The van der Waals surface area contributed by atoms with Gasteiger partial charge >= 0.3 is 5.97 Å². The van der Waals surface area contributed by atoms with Crippen LogP contribution in [0.3, 0.4) is 0 Å². The summed E-state index contributed by atoms with van der Waals surface area (Å²) in [5.41, 5.74) is 5.57. The highest BCUT2D eigenvalue weighted by molar-refractivity contribution is 5.89. The number of hydrogen-bond donors (Lipinski definition) is 2. The van der Waals surface area contributed by atoms with Crippen LogP contribution in [0.5, 0.6) is 0 Å². The van der Waals surface area contributed by atoms with Crippen molar-refractivity contribution >= 4 is 5.97 Å². The van der Waals surface area contributed by atoms with Crippen LogP contribution in [0, 0.1) is 0 Å². The first-order chi connectivity index (χ1) is 15.7. The van der Waals surface area contributed by atoms with Crippen LogP contribution in [0.25, 0.3) is 33.9 Å². The van der Waals surface area contributed by atoms with Gasteiger partial charge in [-0.3, -0.25) is 9.67 Å². The van der Waals surface area contributed by atoms with E-state index >= 15 is 0 Å². The maximum absolute atomic E-state index is 11.5. The van der Waals surface area contributed by atoms with E-state index in [-0.39, 0.29) is 5.56 Å². The third-order valence-electron chi connectivity index (χ3n) is 5.21. The number of hydrogen-bond acceptors (Lipinski definition) is 4. The number of nitrogens with one attached hydrogen (secondary N) is 1. The van der Waals surface area contributed by atoms with Crippen molar-refractivity contribution in [2.75, 3.05) is 0 Å². The first-order valence-corrected chi connectivity index (χ1v) is 10.1. The van der Waals surface area contributed by atoms with Crippen LogP contribution in [0.1, 0.15) is 15.9 Å². The second-order valence-corrected chi connectivity index (χ2v) is 7.33. The summed E-state index contributed by atoms with van der Waals surface area (Å²) >= 11 is 0. The quantitative estimate of drug-likeness (QED) is 0.412. The van der Waals surface area contributed by atoms with Crippen LogP contribution >= 0.6 is 0 Å². The number of carboxylic acid groups (broad SMARTS) is 1. The lowest BCUT2D eigenvalue weighted by molar-refractivity contribution is 0.0695. The third kappa shape index (κ3) is 3.91. The zero-order valence-corrected chi connectivity index (χ0v) is 17.0. The van der Waals surface area contributed by atoms with Gasteiger partial charge in [0.2, 0.25) is 0 Å². The molecule has 7 heteroatoms. The Morgan fingerprint density at radius 3 is 2.56 bits per heavy atom. The van der Waals surface area contributed by atoms with Gasteiger partial charge in [0.15, 0.2) is 5.82 Å². The van der Waals surface area contributed by atoms with Crippen LogP contribution < -0.4 is 0 Å². The molecule has 0 unspecified atom stereocenters. The van der Waals surface area contributed by atoms with E-state index in [1.807, 2.05) is 54.7 Å². The monoisotopic (exact) mass is 421 g/mol. The fourth-order valence-electron chi connectivity index (χ4n) is 3.60. The molecule has 156 valence electrons. The summed E-state index contributed by atoms with van der Waals surface area (Å²) in [5, 5.41) is 13.8. The summed E-state index contributed by atoms with van der Waals surface area (Å²) in [6.45, 7) is 0.374. The summed E-state index contributed by atoms with van der Waals surface area (Å²) in [5.74, 6) is -0.256. The zero-order valence-electron chi connectivity index (χ0n) is 17.0. The van der Waals surface area contributed by atoms with Gasteiger partial charge in [-0.15, -0.1) is 0 Å². The molecule has 0 spiro atoms. The fourth-order valence-corrected chi connectivity index (χ4v) is 3.60. The van der Waals surface area contributed by atoms with Gasteiger partial charge in [0.25, 0.3) is 0 Å². The van der Waals surface area contributed by atoms with Crippen molar-refractivity contribution in [1.29, 1.82) is 0 Å². The van der Waals surface area contributed by atoms with Gasteiger partial charge in [0.1, 0.15) is 5.69 Å². The van der Waals surface area contributed by atoms with E-state index in [1.165, 1.54) is 0 Å². The number of imidazole rings is 1. The van der Waals surface area contributed by atoms with Crippen molar-refractivity contribution in [2.24, 2.45) is 0 Å². The molecule has 0 fully saturated rings. The van der Waals surface area contributed by atoms with Crippen molar-refractivity contribution in [3.05, 3.63) is 103 Å². The molecule has 2 N–H and O–H groups in total. The minimum atomic E-state index is -0.944. The molecule has 3 heterocycles. The SMILES string of the molecule is O=C(O)c1ccccc1Cn1cc(-c2ccnc(-c3ncc(-c4ccccc4)[nH]3)c2)cn1. The lowest BCUT2D eigenvalue weighted by Gasteiger charge is -2.06. The Hall–Kier alpha value is -4.52. The Morgan fingerprint density at radius 1 is 0.906 bits per heavy atom. The van der Waals surface area contributed by atoms with Gasteiger partial charge in [0, 0.05) is 18.0 Å². The van der Waals surface area contributed by atoms with E-state index in [2.05, 4.69) is 20.1 Å². The van der Waals surface area contributed by atoms with Crippen LogP contribution in [-0.2, 0) is 6.54 Å². The normalized spacial score (nSPS) is 10.9. The van der Waals surface area contributed by atoms with Gasteiger partial charge < -0.3 is 10.1 Å². The average molecular weight is 421 g/mol. The van der Waals surface area contributed by atoms with Crippen LogP contribution in [0.2, 0.25) is 0 Å². The molecule has 0 saturated carbocycles. The lowest BCUT2D eigenvalue weighted by atomic mass is 10.1. The molecule has 0 amide bonds. The smallest absolute Gasteiger partial charge is 0.336 e. The maximum atomic E-state index is 11.5. The summed E-state index contributed by atoms with van der Waals surface area (Å²) in [6.07, 6.45) is 7.21. The van der Waals surface area contributed by atoms with Gasteiger partial charge in [-0.25, -0.2) is 9.78 Å². The molecule has 7 nitrogen and oxygen atoms in total. The van der Waals surface area contributed by atoms with Crippen molar-refractivity contribution in [1.82, 2.24) is 24.7 Å². The Bertz CT molecular complexity index is 1390. The number of rotatable bonds is 6. The molecule has 0 atom stereocenters. The topological polar surface area (TPSA) is 96.7 Å². The van der Waals surface area contributed by atoms with E-state index in [4.69, 9.17) is 0 Å². The molecular formula is C25H19N5O2. The number of carbonyl (C=O) groups is 1. The maximum Gasteiger partial charge on any atom is 0.336 e. The second kappa shape index (κ2) is 8.31. The van der Waals surface area contributed by atoms with Crippen molar-refractivity contribution in [2.45, 2.75) is 6.54 Å². The predicted octanol–water partition coefficient (Wildman–Crippen LogP) is 4.75. The molecule has 0 bridgehead atoms. The van der Waals surface area contributed by atoms with E-state index < -0.39 is 5.97 Å².